The second-order valence-corrected chi connectivity index (χ2v) is 13.0. The molecule has 0 aromatic heterocycles. The van der Waals surface area contributed by atoms with Crippen molar-refractivity contribution in [1.82, 2.24) is 0 Å². The van der Waals surface area contributed by atoms with Crippen molar-refractivity contribution in [2.24, 2.45) is 0 Å². The van der Waals surface area contributed by atoms with E-state index in [1.165, 1.54) is 25.7 Å². The summed E-state index contributed by atoms with van der Waals surface area (Å²) < 4.78 is 19.4. The summed E-state index contributed by atoms with van der Waals surface area (Å²) in [7, 11) is -2.78. The van der Waals surface area contributed by atoms with Gasteiger partial charge in [0.25, 0.3) is 0 Å². The topological polar surface area (TPSA) is 26.3 Å². The van der Waals surface area contributed by atoms with Crippen LogP contribution in [0.3, 0.4) is 0 Å². The Morgan fingerprint density at radius 1 is 0.800 bits per heavy atom. The van der Waals surface area contributed by atoms with Crippen molar-refractivity contribution in [2.75, 3.05) is 25.1 Å². The first kappa shape index (κ1) is 20.6. The zero-order chi connectivity index (χ0) is 15.3. The van der Waals surface area contributed by atoms with Crippen molar-refractivity contribution in [3.05, 3.63) is 0 Å². The van der Waals surface area contributed by atoms with E-state index in [2.05, 4.69) is 27.7 Å². The lowest BCUT2D eigenvalue weighted by Crippen LogP contribution is -2.01. The highest BCUT2D eigenvalue weighted by molar-refractivity contribution is 8.30. The van der Waals surface area contributed by atoms with Crippen molar-refractivity contribution >= 4 is 14.7 Å². The molecule has 0 spiro atoms. The van der Waals surface area contributed by atoms with Gasteiger partial charge in [0, 0.05) is 6.16 Å². The Balaban J connectivity index is 4.71. The van der Waals surface area contributed by atoms with Crippen molar-refractivity contribution in [2.45, 2.75) is 79.1 Å². The van der Waals surface area contributed by atoms with Gasteiger partial charge in [-0.1, -0.05) is 53.4 Å². The molecule has 4 heteroatoms. The fraction of sp³-hybridized carbons (Fsp3) is 1.00. The molecule has 0 rings (SSSR count). The Bertz CT molecular complexity index is 249. The molecule has 0 aliphatic carbocycles. The molecule has 20 heavy (non-hydrogen) atoms. The average Bonchev–Trinajstić information content (AvgIpc) is 2.45. The molecule has 0 radical (unpaired) electrons. The van der Waals surface area contributed by atoms with Crippen LogP contribution >= 0.6 is 14.7 Å². The minimum Gasteiger partial charge on any atom is -0.326 e. The fourth-order valence-corrected chi connectivity index (χ4v) is 10.7. The largest absolute Gasteiger partial charge is 0.326 e. The van der Waals surface area contributed by atoms with Gasteiger partial charge in [-0.05, 0) is 45.6 Å². The third-order valence-electron chi connectivity index (χ3n) is 3.56. The van der Waals surface area contributed by atoms with E-state index in [1.54, 1.807) is 0 Å². The minimum absolute atomic E-state index is 0.413. The van der Waals surface area contributed by atoms with E-state index in [9.17, 15) is 4.57 Å². The van der Waals surface area contributed by atoms with Gasteiger partial charge < -0.3 is 4.52 Å². The van der Waals surface area contributed by atoms with E-state index in [-0.39, 0.29) is 0 Å². The number of unbranched alkanes of at least 4 members (excludes halogenated alkanes) is 4. The highest BCUT2D eigenvalue weighted by Gasteiger charge is 2.32. The summed E-state index contributed by atoms with van der Waals surface area (Å²) in [6.07, 6.45) is 12.3. The van der Waals surface area contributed by atoms with E-state index < -0.39 is 14.7 Å². The Kier molecular flexibility index (Phi) is 13.7. The van der Waals surface area contributed by atoms with E-state index in [1.807, 2.05) is 0 Å². The first-order valence-electron chi connectivity index (χ1n) is 8.63. The summed E-state index contributed by atoms with van der Waals surface area (Å²) in [4.78, 5) is 0. The number of hydrogen-bond acceptors (Lipinski definition) is 2. The molecule has 0 saturated carbocycles. The van der Waals surface area contributed by atoms with Crippen LogP contribution in [0.15, 0.2) is 0 Å². The molecular weight excluding hydrogens is 286 g/mol. The summed E-state index contributed by atoms with van der Waals surface area (Å²) >= 11 is 0. The molecule has 0 aliphatic rings. The highest BCUT2D eigenvalue weighted by Crippen LogP contribution is 2.76. The lowest BCUT2D eigenvalue weighted by molar-refractivity contribution is 0.315. The number of hydrogen-bond donors (Lipinski definition) is 0. The normalized spacial score (nSPS) is 14.7. The predicted molar refractivity (Wildman–Crippen MR) is 94.7 cm³/mol. The maximum Gasteiger partial charge on any atom is 0.222 e. The van der Waals surface area contributed by atoms with Gasteiger partial charge in [-0.25, -0.2) is 0 Å². The van der Waals surface area contributed by atoms with Gasteiger partial charge >= 0.3 is 0 Å². The second-order valence-electron chi connectivity index (χ2n) is 5.56. The molecule has 0 N–H and O–H groups in total. The third-order valence-corrected chi connectivity index (χ3v) is 12.3. The Morgan fingerprint density at radius 2 is 1.30 bits per heavy atom. The van der Waals surface area contributed by atoms with Gasteiger partial charge in [-0.2, -0.15) is 0 Å². The van der Waals surface area contributed by atoms with Gasteiger partial charge in [-0.3, -0.25) is 4.57 Å². The average molecular weight is 322 g/mol. The summed E-state index contributed by atoms with van der Waals surface area (Å²) in [6, 6.07) is 0. The summed E-state index contributed by atoms with van der Waals surface area (Å²) in [5.41, 5.74) is 0. The summed E-state index contributed by atoms with van der Waals surface area (Å²) in [5.74, 6) is 0. The van der Waals surface area contributed by atoms with Crippen molar-refractivity contribution in [1.29, 1.82) is 0 Å². The summed E-state index contributed by atoms with van der Waals surface area (Å²) in [5, 5.41) is 0. The van der Waals surface area contributed by atoms with Crippen LogP contribution in [-0.2, 0) is 9.09 Å². The van der Waals surface area contributed by atoms with Crippen LogP contribution < -0.4 is 0 Å². The van der Waals surface area contributed by atoms with Crippen molar-refractivity contribution in [3.8, 4) is 0 Å². The molecule has 0 heterocycles. The Hall–Kier alpha value is 0.620. The fourth-order valence-electron chi connectivity index (χ4n) is 2.09. The first-order valence-corrected chi connectivity index (χ1v) is 12.9. The zero-order valence-electron chi connectivity index (χ0n) is 14.2. The summed E-state index contributed by atoms with van der Waals surface area (Å²) in [6.45, 7) is 9.49. The molecule has 1 atom stereocenters. The van der Waals surface area contributed by atoms with E-state index in [4.69, 9.17) is 4.52 Å². The first-order chi connectivity index (χ1) is 9.64. The van der Waals surface area contributed by atoms with Crippen LogP contribution in [0.1, 0.15) is 79.1 Å². The molecule has 122 valence electrons. The molecule has 1 unspecified atom stereocenters. The zero-order valence-corrected chi connectivity index (χ0v) is 16.0. The van der Waals surface area contributed by atoms with Crippen molar-refractivity contribution < 1.29 is 9.09 Å². The standard InChI is InChI=1S/C16H36O2P2/c1-5-9-13-18-20(17,16-12-8-4)19(14-10-6-2)15-11-7-3/h5-16H2,1-4H3. The van der Waals surface area contributed by atoms with Crippen LogP contribution in [0.5, 0.6) is 0 Å². The Labute approximate surface area is 128 Å². The molecule has 0 saturated heterocycles. The maximum atomic E-state index is 13.4. The molecular formula is C16H36O2P2. The lowest BCUT2D eigenvalue weighted by atomic mass is 10.4. The lowest BCUT2D eigenvalue weighted by Gasteiger charge is -2.28. The molecule has 0 bridgehead atoms. The maximum absolute atomic E-state index is 13.4. The van der Waals surface area contributed by atoms with Crippen LogP contribution in [0.2, 0.25) is 0 Å². The van der Waals surface area contributed by atoms with Gasteiger partial charge in [0.05, 0.1) is 6.61 Å². The predicted octanol–water partition coefficient (Wildman–Crippen LogP) is 6.88. The molecule has 0 fully saturated rings. The molecule has 0 aromatic rings. The van der Waals surface area contributed by atoms with Crippen LogP contribution in [0, 0.1) is 0 Å². The highest BCUT2D eigenvalue weighted by atomic mass is 32.1. The van der Waals surface area contributed by atoms with E-state index >= 15 is 0 Å². The van der Waals surface area contributed by atoms with Gasteiger partial charge in [0.15, 0.2) is 0 Å². The van der Waals surface area contributed by atoms with Gasteiger partial charge in [-0.15, -0.1) is 0 Å². The van der Waals surface area contributed by atoms with Crippen LogP contribution in [-0.4, -0.2) is 25.1 Å². The molecule has 2 nitrogen and oxygen atoms in total. The van der Waals surface area contributed by atoms with Gasteiger partial charge in [0.1, 0.15) is 0 Å². The SMILES string of the molecule is CCCCOP(=O)(CCCC)P(CCCC)CCCC. The molecule has 0 aromatic carbocycles. The smallest absolute Gasteiger partial charge is 0.222 e. The molecule has 0 aliphatic heterocycles. The number of rotatable bonds is 14. The van der Waals surface area contributed by atoms with Crippen molar-refractivity contribution in [3.63, 3.8) is 0 Å². The minimum atomic E-state index is -2.37. The Morgan fingerprint density at radius 3 is 1.75 bits per heavy atom. The third kappa shape index (κ3) is 8.81. The second kappa shape index (κ2) is 13.3. The monoisotopic (exact) mass is 322 g/mol. The van der Waals surface area contributed by atoms with E-state index in [0.29, 0.717) is 6.61 Å². The van der Waals surface area contributed by atoms with E-state index in [0.717, 1.165) is 44.2 Å². The van der Waals surface area contributed by atoms with Crippen LogP contribution in [0.25, 0.3) is 0 Å². The van der Waals surface area contributed by atoms with Crippen LogP contribution in [0.4, 0.5) is 0 Å². The van der Waals surface area contributed by atoms with Gasteiger partial charge in [0.2, 0.25) is 7.06 Å². The molecule has 0 amide bonds. The quantitative estimate of drug-likeness (QED) is 0.257.